The van der Waals surface area contributed by atoms with Gasteiger partial charge in [-0.2, -0.15) is 0 Å². The summed E-state index contributed by atoms with van der Waals surface area (Å²) in [6.07, 6.45) is 6.50. The summed E-state index contributed by atoms with van der Waals surface area (Å²) in [4.78, 5) is 2.37. The first-order chi connectivity index (χ1) is 7.36. The van der Waals surface area contributed by atoms with Crippen molar-refractivity contribution in [2.45, 2.75) is 6.92 Å². The molecule has 2 aliphatic rings. The number of para-hydroxylation sites is 1. The quantitative estimate of drug-likeness (QED) is 0.572. The fourth-order valence-electron chi connectivity index (χ4n) is 2.26. The van der Waals surface area contributed by atoms with E-state index in [1.807, 2.05) is 0 Å². The molecule has 15 heavy (non-hydrogen) atoms. The van der Waals surface area contributed by atoms with E-state index >= 15 is 0 Å². The second kappa shape index (κ2) is 3.16. The third-order valence-electron chi connectivity index (χ3n) is 2.99. The molecule has 0 saturated heterocycles. The van der Waals surface area contributed by atoms with E-state index in [-0.39, 0.29) is 0 Å². The van der Waals surface area contributed by atoms with Gasteiger partial charge in [-0.15, -0.1) is 0 Å². The zero-order valence-electron chi connectivity index (χ0n) is 8.72. The molecule has 0 spiro atoms. The fourth-order valence-corrected chi connectivity index (χ4v) is 2.26. The molecule has 0 bridgehead atoms. The van der Waals surface area contributed by atoms with Crippen molar-refractivity contribution in [3.05, 3.63) is 59.6 Å². The summed E-state index contributed by atoms with van der Waals surface area (Å²) in [6.45, 7) is 2.55. The van der Waals surface area contributed by atoms with Crippen molar-refractivity contribution in [2.24, 2.45) is 0 Å². The topological polar surface area (TPSA) is 3.24 Å². The summed E-state index contributed by atoms with van der Waals surface area (Å²) in [5.41, 5.74) is 3.92. The lowest BCUT2D eigenvalue weighted by atomic mass is 9.56. The van der Waals surface area contributed by atoms with Gasteiger partial charge in [-0.25, -0.2) is 0 Å². The minimum Gasteiger partial charge on any atom is -0.381 e. The van der Waals surface area contributed by atoms with Crippen molar-refractivity contribution in [1.29, 1.82) is 0 Å². The number of nitrogens with zero attached hydrogens (tertiary/aromatic N) is 1. The Morgan fingerprint density at radius 1 is 1.13 bits per heavy atom. The zero-order chi connectivity index (χ0) is 10.3. The molecule has 0 atom stereocenters. The third kappa shape index (κ3) is 1.25. The van der Waals surface area contributed by atoms with Gasteiger partial charge >= 0.3 is 6.85 Å². The number of fused-ring (bicyclic) bond motifs is 3. The molecule has 0 amide bonds. The van der Waals surface area contributed by atoms with E-state index in [1.165, 1.54) is 16.9 Å². The lowest BCUT2D eigenvalue weighted by Gasteiger charge is -2.34. The van der Waals surface area contributed by atoms with Crippen LogP contribution in [0.5, 0.6) is 0 Å². The summed E-state index contributed by atoms with van der Waals surface area (Å²) in [6, 6.07) is 8.53. The average molecular weight is 193 g/mol. The van der Waals surface area contributed by atoms with Gasteiger partial charge in [-0.05, 0) is 24.6 Å². The second-order valence-corrected chi connectivity index (χ2v) is 3.97. The monoisotopic (exact) mass is 193 g/mol. The van der Waals surface area contributed by atoms with Crippen LogP contribution in [0, 0.1) is 0 Å². The SMILES string of the molecule is CC1=CC=CB2C=Cc3ccccc3N21. The molecule has 0 saturated carbocycles. The maximum atomic E-state index is 2.37. The first-order valence-corrected chi connectivity index (χ1v) is 5.28. The van der Waals surface area contributed by atoms with Gasteiger partial charge in [0.15, 0.2) is 0 Å². The van der Waals surface area contributed by atoms with E-state index < -0.39 is 0 Å². The number of allylic oxidation sites excluding steroid dienone is 3. The molecule has 0 aliphatic carbocycles. The summed E-state index contributed by atoms with van der Waals surface area (Å²) < 4.78 is 0. The Hall–Kier alpha value is -1.70. The molecule has 1 aromatic rings. The fraction of sp³-hybridized carbons (Fsp3) is 0.0769. The largest absolute Gasteiger partial charge is 0.381 e. The van der Waals surface area contributed by atoms with Gasteiger partial charge in [0.1, 0.15) is 0 Å². The Balaban J connectivity index is 2.18. The minimum absolute atomic E-state index is 0.393. The smallest absolute Gasteiger partial charge is 0.312 e. The number of hydrogen-bond donors (Lipinski definition) is 0. The first kappa shape index (κ1) is 8.60. The van der Waals surface area contributed by atoms with Gasteiger partial charge in [0.2, 0.25) is 0 Å². The Bertz CT molecular complexity index is 485. The van der Waals surface area contributed by atoms with Crippen molar-refractivity contribution in [2.75, 3.05) is 4.81 Å². The van der Waals surface area contributed by atoms with Gasteiger partial charge in [-0.3, -0.25) is 0 Å². The highest BCUT2D eigenvalue weighted by molar-refractivity contribution is 6.75. The van der Waals surface area contributed by atoms with Crippen LogP contribution in [0.3, 0.4) is 0 Å². The van der Waals surface area contributed by atoms with Crippen LogP contribution in [0.25, 0.3) is 6.08 Å². The van der Waals surface area contributed by atoms with E-state index in [0.717, 1.165) is 0 Å². The van der Waals surface area contributed by atoms with Crippen LogP contribution in [0.2, 0.25) is 0 Å². The van der Waals surface area contributed by atoms with Gasteiger partial charge in [0, 0.05) is 11.4 Å². The highest BCUT2D eigenvalue weighted by Crippen LogP contribution is 2.31. The molecular formula is C13H12BN. The van der Waals surface area contributed by atoms with Gasteiger partial charge < -0.3 is 4.81 Å². The number of rotatable bonds is 0. The second-order valence-electron chi connectivity index (χ2n) is 3.97. The molecule has 2 heterocycles. The molecule has 0 fully saturated rings. The van der Waals surface area contributed by atoms with Crippen LogP contribution in [0.1, 0.15) is 12.5 Å². The highest BCUT2D eigenvalue weighted by atomic mass is 15.1. The molecule has 2 aliphatic heterocycles. The van der Waals surface area contributed by atoms with E-state index in [4.69, 9.17) is 0 Å². The van der Waals surface area contributed by atoms with Crippen molar-refractivity contribution in [1.82, 2.24) is 0 Å². The van der Waals surface area contributed by atoms with Gasteiger partial charge in [-0.1, -0.05) is 42.3 Å². The molecule has 0 unspecified atom stereocenters. The summed E-state index contributed by atoms with van der Waals surface area (Å²) in [5.74, 6) is 4.47. The molecule has 0 radical (unpaired) electrons. The van der Waals surface area contributed by atoms with Crippen LogP contribution in [0.15, 0.2) is 54.1 Å². The maximum absolute atomic E-state index is 2.37. The number of hydrogen-bond acceptors (Lipinski definition) is 1. The van der Waals surface area contributed by atoms with Gasteiger partial charge in [0.05, 0.1) is 0 Å². The lowest BCUT2D eigenvalue weighted by molar-refractivity contribution is 1.21. The van der Waals surface area contributed by atoms with Gasteiger partial charge in [0.25, 0.3) is 0 Å². The van der Waals surface area contributed by atoms with E-state index in [0.29, 0.717) is 6.85 Å². The van der Waals surface area contributed by atoms with Crippen LogP contribution in [-0.4, -0.2) is 6.85 Å². The molecule has 1 nitrogen and oxygen atoms in total. The van der Waals surface area contributed by atoms with Crippen LogP contribution < -0.4 is 4.81 Å². The Labute approximate surface area is 90.5 Å². The van der Waals surface area contributed by atoms with E-state index in [9.17, 15) is 0 Å². The van der Waals surface area contributed by atoms with Crippen molar-refractivity contribution < 1.29 is 0 Å². The highest BCUT2D eigenvalue weighted by Gasteiger charge is 2.26. The molecule has 0 N–H and O–H groups in total. The maximum Gasteiger partial charge on any atom is 0.312 e. The molecule has 72 valence electrons. The molecule has 2 heteroatoms. The Kier molecular flexibility index (Phi) is 1.81. The molecule has 0 aromatic heterocycles. The van der Waals surface area contributed by atoms with Crippen LogP contribution >= 0.6 is 0 Å². The zero-order valence-corrected chi connectivity index (χ0v) is 8.72. The van der Waals surface area contributed by atoms with Crippen LogP contribution in [-0.2, 0) is 0 Å². The summed E-state index contributed by atoms with van der Waals surface area (Å²) in [5, 5.41) is 0. The van der Waals surface area contributed by atoms with Crippen molar-refractivity contribution >= 4 is 18.6 Å². The number of benzene rings is 1. The third-order valence-corrected chi connectivity index (χ3v) is 2.99. The van der Waals surface area contributed by atoms with E-state index in [1.54, 1.807) is 0 Å². The number of anilines is 1. The standard InChI is InChI=1S/C13H12BN/c1-11-5-4-9-14-10-8-12-6-2-3-7-13(12)15(11)14/h2-10H,1H3. The van der Waals surface area contributed by atoms with Crippen molar-refractivity contribution in [3.63, 3.8) is 0 Å². The Morgan fingerprint density at radius 3 is 2.93 bits per heavy atom. The molecule has 3 rings (SSSR count). The predicted molar refractivity (Wildman–Crippen MR) is 66.6 cm³/mol. The molecule has 1 aromatic carbocycles. The van der Waals surface area contributed by atoms with E-state index in [2.05, 4.69) is 66.2 Å². The summed E-state index contributed by atoms with van der Waals surface area (Å²) in [7, 11) is 0. The normalized spacial score (nSPS) is 17.3. The first-order valence-electron chi connectivity index (χ1n) is 5.28. The predicted octanol–water partition coefficient (Wildman–Crippen LogP) is 3.06. The summed E-state index contributed by atoms with van der Waals surface area (Å²) >= 11 is 0. The lowest BCUT2D eigenvalue weighted by Crippen LogP contribution is -2.39. The molecular weight excluding hydrogens is 181 g/mol. The average Bonchev–Trinajstić information content (AvgIpc) is 2.29. The Morgan fingerprint density at radius 2 is 2.00 bits per heavy atom. The minimum atomic E-state index is 0.393. The van der Waals surface area contributed by atoms with Crippen LogP contribution in [0.4, 0.5) is 5.69 Å². The van der Waals surface area contributed by atoms with Crippen molar-refractivity contribution in [3.8, 4) is 0 Å².